The summed E-state index contributed by atoms with van der Waals surface area (Å²) in [5, 5.41) is 2.99. The van der Waals surface area contributed by atoms with E-state index in [1.807, 2.05) is 22.9 Å². The Morgan fingerprint density at radius 3 is 2.84 bits per heavy atom. The number of methoxy groups -OCH3 is 1. The fourth-order valence-electron chi connectivity index (χ4n) is 1.88. The van der Waals surface area contributed by atoms with Gasteiger partial charge >= 0.3 is 0 Å². The molecule has 6 nitrogen and oxygen atoms in total. The van der Waals surface area contributed by atoms with Gasteiger partial charge in [-0.25, -0.2) is 9.97 Å². The van der Waals surface area contributed by atoms with Crippen molar-refractivity contribution in [1.29, 1.82) is 0 Å². The summed E-state index contributed by atoms with van der Waals surface area (Å²) in [6.45, 7) is 2.54. The molecule has 0 saturated heterocycles. The van der Waals surface area contributed by atoms with E-state index in [0.29, 0.717) is 24.0 Å². The molecule has 98 valence electrons. The van der Waals surface area contributed by atoms with Gasteiger partial charge in [-0.15, -0.1) is 11.3 Å². The van der Waals surface area contributed by atoms with Crippen LogP contribution in [0.1, 0.15) is 10.7 Å². The zero-order valence-corrected chi connectivity index (χ0v) is 11.4. The Bertz CT molecular complexity index is 733. The van der Waals surface area contributed by atoms with Crippen molar-refractivity contribution < 1.29 is 4.74 Å². The number of hydrogen-bond donors (Lipinski definition) is 1. The van der Waals surface area contributed by atoms with Crippen molar-refractivity contribution in [1.82, 2.24) is 19.5 Å². The summed E-state index contributed by atoms with van der Waals surface area (Å²) >= 11 is 1.60. The topological polar surface area (TPSA) is 78.9 Å². The Morgan fingerprint density at radius 1 is 1.32 bits per heavy atom. The number of anilines is 1. The maximum absolute atomic E-state index is 5.95. The van der Waals surface area contributed by atoms with Gasteiger partial charge in [0.1, 0.15) is 10.5 Å². The highest BCUT2D eigenvalue weighted by molar-refractivity contribution is 7.09. The monoisotopic (exact) mass is 275 g/mol. The normalized spacial score (nSPS) is 11.1. The lowest BCUT2D eigenvalue weighted by atomic mass is 10.4. The molecule has 19 heavy (non-hydrogen) atoms. The highest BCUT2D eigenvalue weighted by atomic mass is 32.1. The first-order valence-electron chi connectivity index (χ1n) is 5.75. The number of nitrogens with two attached hydrogens (primary N) is 1. The van der Waals surface area contributed by atoms with Crippen LogP contribution >= 0.6 is 11.3 Å². The molecule has 0 bridgehead atoms. The highest BCUT2D eigenvalue weighted by Gasteiger charge is 2.12. The van der Waals surface area contributed by atoms with Crippen LogP contribution in [-0.2, 0) is 6.54 Å². The molecule has 0 aliphatic carbocycles. The van der Waals surface area contributed by atoms with Gasteiger partial charge in [0.05, 0.1) is 13.7 Å². The van der Waals surface area contributed by atoms with E-state index in [-0.39, 0.29) is 0 Å². The average molecular weight is 275 g/mol. The van der Waals surface area contributed by atoms with Gasteiger partial charge in [-0.3, -0.25) is 4.57 Å². The third-order valence-corrected chi connectivity index (χ3v) is 3.72. The van der Waals surface area contributed by atoms with Crippen LogP contribution in [0.2, 0.25) is 0 Å². The molecule has 0 aliphatic rings. The molecule has 0 aliphatic heterocycles. The van der Waals surface area contributed by atoms with E-state index in [4.69, 9.17) is 10.5 Å². The van der Waals surface area contributed by atoms with E-state index in [9.17, 15) is 0 Å². The second-order valence-corrected chi connectivity index (χ2v) is 5.08. The predicted octanol–water partition coefficient (Wildman–Crippen LogP) is 1.84. The van der Waals surface area contributed by atoms with Crippen LogP contribution in [0.3, 0.4) is 0 Å². The standard InChI is InChI=1S/C12H13N5OS/c1-7-6-19-10(14-7)5-17-11-8(15-12(17)13)3-4-9(16-11)18-2/h3-4,6H,5H2,1-2H3,(H2,13,15). The number of hydrogen-bond acceptors (Lipinski definition) is 6. The third-order valence-electron chi connectivity index (χ3n) is 2.77. The maximum Gasteiger partial charge on any atom is 0.215 e. The number of thiazole rings is 1. The molecule has 0 atom stereocenters. The lowest BCUT2D eigenvalue weighted by Crippen LogP contribution is -2.05. The number of nitrogens with zero attached hydrogens (tertiary/aromatic N) is 4. The summed E-state index contributed by atoms with van der Waals surface area (Å²) < 4.78 is 6.98. The number of ether oxygens (including phenoxy) is 1. The minimum absolute atomic E-state index is 0.434. The zero-order valence-electron chi connectivity index (χ0n) is 10.6. The van der Waals surface area contributed by atoms with E-state index in [1.54, 1.807) is 24.5 Å². The van der Waals surface area contributed by atoms with Crippen molar-refractivity contribution in [3.05, 3.63) is 28.2 Å². The van der Waals surface area contributed by atoms with Crippen molar-refractivity contribution in [2.45, 2.75) is 13.5 Å². The Kier molecular flexibility index (Phi) is 2.83. The lowest BCUT2D eigenvalue weighted by molar-refractivity contribution is 0.399. The summed E-state index contributed by atoms with van der Waals surface area (Å²) in [7, 11) is 1.59. The number of fused-ring (bicyclic) bond motifs is 1. The molecule has 2 N–H and O–H groups in total. The molecule has 0 amide bonds. The van der Waals surface area contributed by atoms with Crippen LogP contribution in [0.5, 0.6) is 5.88 Å². The van der Waals surface area contributed by atoms with Crippen LogP contribution in [0.25, 0.3) is 11.2 Å². The third kappa shape index (κ3) is 2.12. The Labute approximate surface area is 113 Å². The maximum atomic E-state index is 5.95. The number of rotatable bonds is 3. The molecule has 0 fully saturated rings. The number of nitrogen functional groups attached to an aromatic ring is 1. The molecule has 3 heterocycles. The van der Waals surface area contributed by atoms with Gasteiger partial charge in [-0.1, -0.05) is 0 Å². The molecule has 3 rings (SSSR count). The van der Waals surface area contributed by atoms with Gasteiger partial charge in [0, 0.05) is 17.1 Å². The molecule has 0 saturated carbocycles. The van der Waals surface area contributed by atoms with Crippen LogP contribution in [0, 0.1) is 6.92 Å². The lowest BCUT2D eigenvalue weighted by Gasteiger charge is -2.04. The van der Waals surface area contributed by atoms with Crippen LogP contribution in [-0.4, -0.2) is 26.6 Å². The minimum Gasteiger partial charge on any atom is -0.481 e. The van der Waals surface area contributed by atoms with Gasteiger partial charge in [0.2, 0.25) is 11.8 Å². The number of aryl methyl sites for hydroxylation is 1. The minimum atomic E-state index is 0.434. The van der Waals surface area contributed by atoms with E-state index >= 15 is 0 Å². The molecule has 0 unspecified atom stereocenters. The smallest absolute Gasteiger partial charge is 0.215 e. The van der Waals surface area contributed by atoms with Gasteiger partial charge in [-0.2, -0.15) is 4.98 Å². The van der Waals surface area contributed by atoms with Crippen molar-refractivity contribution in [2.24, 2.45) is 0 Å². The fourth-order valence-corrected chi connectivity index (χ4v) is 2.64. The van der Waals surface area contributed by atoms with E-state index in [1.165, 1.54) is 0 Å². The molecule has 0 aromatic carbocycles. The SMILES string of the molecule is COc1ccc2nc(N)n(Cc3nc(C)cs3)c2n1. The summed E-state index contributed by atoms with van der Waals surface area (Å²) in [4.78, 5) is 13.1. The van der Waals surface area contributed by atoms with E-state index < -0.39 is 0 Å². The van der Waals surface area contributed by atoms with E-state index in [0.717, 1.165) is 16.2 Å². The van der Waals surface area contributed by atoms with Gasteiger partial charge < -0.3 is 10.5 Å². The fraction of sp³-hybridized carbons (Fsp3) is 0.250. The molecule has 3 aromatic rings. The Balaban J connectivity index is 2.08. The molecular formula is C12H13N5OS. The second-order valence-electron chi connectivity index (χ2n) is 4.14. The van der Waals surface area contributed by atoms with Gasteiger partial charge in [0.15, 0.2) is 5.65 Å². The number of aromatic nitrogens is 4. The Morgan fingerprint density at radius 2 is 2.16 bits per heavy atom. The first-order valence-corrected chi connectivity index (χ1v) is 6.63. The molecule has 3 aromatic heterocycles. The molecule has 7 heteroatoms. The first-order chi connectivity index (χ1) is 9.17. The average Bonchev–Trinajstić information content (AvgIpc) is 2.94. The highest BCUT2D eigenvalue weighted by Crippen LogP contribution is 2.21. The van der Waals surface area contributed by atoms with Crippen LogP contribution < -0.4 is 10.5 Å². The second kappa shape index (κ2) is 4.51. The van der Waals surface area contributed by atoms with Crippen molar-refractivity contribution in [3.63, 3.8) is 0 Å². The van der Waals surface area contributed by atoms with Gasteiger partial charge in [0.25, 0.3) is 0 Å². The van der Waals surface area contributed by atoms with Gasteiger partial charge in [-0.05, 0) is 13.0 Å². The number of imidazole rings is 1. The van der Waals surface area contributed by atoms with E-state index in [2.05, 4.69) is 15.0 Å². The number of pyridine rings is 1. The van der Waals surface area contributed by atoms with Crippen molar-refractivity contribution in [3.8, 4) is 5.88 Å². The molecule has 0 spiro atoms. The molecular weight excluding hydrogens is 262 g/mol. The van der Waals surface area contributed by atoms with Crippen molar-refractivity contribution in [2.75, 3.05) is 12.8 Å². The summed E-state index contributed by atoms with van der Waals surface area (Å²) in [5.41, 5.74) is 8.42. The van der Waals surface area contributed by atoms with Crippen LogP contribution in [0.4, 0.5) is 5.95 Å². The summed E-state index contributed by atoms with van der Waals surface area (Å²) in [6, 6.07) is 3.62. The Hall–Kier alpha value is -2.15. The predicted molar refractivity (Wildman–Crippen MR) is 74.4 cm³/mol. The summed E-state index contributed by atoms with van der Waals surface area (Å²) in [6.07, 6.45) is 0. The zero-order chi connectivity index (χ0) is 13.4. The van der Waals surface area contributed by atoms with Crippen molar-refractivity contribution >= 4 is 28.4 Å². The quantitative estimate of drug-likeness (QED) is 0.789. The molecule has 0 radical (unpaired) electrons. The summed E-state index contributed by atoms with van der Waals surface area (Å²) in [5.74, 6) is 0.979. The largest absolute Gasteiger partial charge is 0.481 e. The first kappa shape index (κ1) is 11.9. The van der Waals surface area contributed by atoms with Crippen LogP contribution in [0.15, 0.2) is 17.5 Å².